The number of fused-ring (bicyclic) bond motifs is 1. The van der Waals surface area contributed by atoms with Gasteiger partial charge in [0.25, 0.3) is 0 Å². The van der Waals surface area contributed by atoms with E-state index in [-0.39, 0.29) is 0 Å². The van der Waals surface area contributed by atoms with Crippen LogP contribution in [0.5, 0.6) is 5.75 Å². The first-order valence-corrected chi connectivity index (χ1v) is 10.4. The van der Waals surface area contributed by atoms with Crippen LogP contribution in [-0.4, -0.2) is 17.2 Å². The second-order valence-corrected chi connectivity index (χ2v) is 8.07. The quantitative estimate of drug-likeness (QED) is 0.481. The van der Waals surface area contributed by atoms with Gasteiger partial charge in [-0.3, -0.25) is 4.98 Å². The molecule has 3 aromatic rings. The van der Waals surface area contributed by atoms with E-state index in [9.17, 15) is 13.2 Å². The third kappa shape index (κ3) is 4.30. The highest BCUT2D eigenvalue weighted by atomic mass is 32.1. The lowest BCUT2D eigenvalue weighted by Gasteiger charge is -2.33. The average Bonchev–Trinajstić information content (AvgIpc) is 3.23. The van der Waals surface area contributed by atoms with E-state index >= 15 is 0 Å². The first kappa shape index (κ1) is 21.4. The minimum Gasteiger partial charge on any atom is -0.494 e. The third-order valence-corrected chi connectivity index (χ3v) is 5.96. The lowest BCUT2D eigenvalue weighted by atomic mass is 9.87. The van der Waals surface area contributed by atoms with Gasteiger partial charge < -0.3 is 15.4 Å². The molecule has 0 bridgehead atoms. The summed E-state index contributed by atoms with van der Waals surface area (Å²) in [6, 6.07) is 12.9. The zero-order valence-electron chi connectivity index (χ0n) is 16.9. The summed E-state index contributed by atoms with van der Waals surface area (Å²) in [4.78, 5) is 4.38. The topological polar surface area (TPSA) is 46.2 Å². The SMILES string of the molecule is COc1ccc(NC(=S)NC2(c3cccc(C(F)(F)F)c3)CCCC2)c2cccnc12. The van der Waals surface area contributed by atoms with Crippen LogP contribution in [-0.2, 0) is 11.7 Å². The number of alkyl halides is 3. The fourth-order valence-electron chi connectivity index (χ4n) is 4.25. The van der Waals surface area contributed by atoms with Crippen molar-refractivity contribution in [3.05, 3.63) is 65.9 Å². The summed E-state index contributed by atoms with van der Waals surface area (Å²) < 4.78 is 45.2. The van der Waals surface area contributed by atoms with Crippen LogP contribution >= 0.6 is 12.2 Å². The standard InChI is InChI=1S/C23H22F3N3OS/c1-30-19-10-9-18(17-8-5-13-27-20(17)19)28-21(31)29-22(11-2-3-12-22)15-6-4-7-16(14-15)23(24,25)26/h4-10,13-14H,2-3,11-12H2,1H3,(H2,28,29,31). The van der Waals surface area contributed by atoms with Gasteiger partial charge in [0.1, 0.15) is 11.3 Å². The summed E-state index contributed by atoms with van der Waals surface area (Å²) in [7, 11) is 1.58. The molecule has 0 atom stereocenters. The van der Waals surface area contributed by atoms with E-state index in [4.69, 9.17) is 17.0 Å². The van der Waals surface area contributed by atoms with Crippen molar-refractivity contribution in [3.63, 3.8) is 0 Å². The molecule has 0 spiro atoms. The highest BCUT2D eigenvalue weighted by Gasteiger charge is 2.38. The molecule has 2 aromatic carbocycles. The molecular formula is C23H22F3N3OS. The maximum atomic E-state index is 13.3. The number of ether oxygens (including phenoxy) is 1. The summed E-state index contributed by atoms with van der Waals surface area (Å²) in [6.45, 7) is 0. The summed E-state index contributed by atoms with van der Waals surface area (Å²) in [5, 5.41) is 7.73. The smallest absolute Gasteiger partial charge is 0.416 e. The Morgan fingerprint density at radius 3 is 2.58 bits per heavy atom. The summed E-state index contributed by atoms with van der Waals surface area (Å²) in [6.07, 6.45) is 0.556. The van der Waals surface area contributed by atoms with E-state index in [0.717, 1.165) is 30.0 Å². The maximum Gasteiger partial charge on any atom is 0.416 e. The van der Waals surface area contributed by atoms with E-state index in [1.165, 1.54) is 12.1 Å². The van der Waals surface area contributed by atoms with Crippen molar-refractivity contribution in [1.29, 1.82) is 0 Å². The number of anilines is 1. The molecule has 1 aliphatic rings. The van der Waals surface area contributed by atoms with Crippen molar-refractivity contribution in [3.8, 4) is 5.75 Å². The molecule has 2 N–H and O–H groups in total. The van der Waals surface area contributed by atoms with Gasteiger partial charge >= 0.3 is 6.18 Å². The minimum atomic E-state index is -4.39. The monoisotopic (exact) mass is 445 g/mol. The van der Waals surface area contributed by atoms with Crippen molar-refractivity contribution in [2.24, 2.45) is 0 Å². The maximum absolute atomic E-state index is 13.3. The number of aromatic nitrogens is 1. The van der Waals surface area contributed by atoms with Crippen molar-refractivity contribution in [1.82, 2.24) is 10.3 Å². The number of benzene rings is 2. The Morgan fingerprint density at radius 2 is 1.87 bits per heavy atom. The number of nitrogens with zero attached hydrogens (tertiary/aromatic N) is 1. The Labute approximate surface area is 183 Å². The molecule has 31 heavy (non-hydrogen) atoms. The molecule has 0 aliphatic heterocycles. The predicted octanol–water partition coefficient (Wildman–Crippen LogP) is 6.02. The molecule has 4 nitrogen and oxygen atoms in total. The van der Waals surface area contributed by atoms with Gasteiger partial charge in [-0.05, 0) is 67.0 Å². The minimum absolute atomic E-state index is 0.356. The molecule has 4 rings (SSSR count). The van der Waals surface area contributed by atoms with Crippen LogP contribution < -0.4 is 15.4 Å². The van der Waals surface area contributed by atoms with Gasteiger partial charge in [0.15, 0.2) is 5.11 Å². The van der Waals surface area contributed by atoms with E-state index in [0.29, 0.717) is 34.8 Å². The van der Waals surface area contributed by atoms with Crippen LogP contribution in [0.15, 0.2) is 54.7 Å². The normalized spacial score (nSPS) is 15.6. The summed E-state index contributed by atoms with van der Waals surface area (Å²) in [5.41, 5.74) is 0.769. The number of pyridine rings is 1. The van der Waals surface area contributed by atoms with Crippen molar-refractivity contribution in [2.75, 3.05) is 12.4 Å². The molecule has 1 saturated carbocycles. The van der Waals surface area contributed by atoms with Crippen LogP contribution in [0.1, 0.15) is 36.8 Å². The number of nitrogens with one attached hydrogen (secondary N) is 2. The number of hydrogen-bond acceptors (Lipinski definition) is 3. The molecule has 162 valence electrons. The molecule has 8 heteroatoms. The number of hydrogen-bond donors (Lipinski definition) is 2. The average molecular weight is 446 g/mol. The van der Waals surface area contributed by atoms with Crippen LogP contribution in [0.25, 0.3) is 10.9 Å². The lowest BCUT2D eigenvalue weighted by Crippen LogP contribution is -2.45. The molecule has 1 aliphatic carbocycles. The summed E-state index contributed by atoms with van der Waals surface area (Å²) in [5.74, 6) is 0.649. The van der Waals surface area contributed by atoms with Crippen molar-refractivity contribution >= 4 is 33.9 Å². The molecule has 1 aromatic heterocycles. The van der Waals surface area contributed by atoms with Gasteiger partial charge in [0.05, 0.1) is 18.2 Å². The molecule has 0 saturated heterocycles. The largest absolute Gasteiger partial charge is 0.494 e. The Morgan fingerprint density at radius 1 is 1.10 bits per heavy atom. The molecule has 0 radical (unpaired) electrons. The Hall–Kier alpha value is -2.87. The zero-order valence-corrected chi connectivity index (χ0v) is 17.7. The van der Waals surface area contributed by atoms with E-state index in [1.807, 2.05) is 18.2 Å². The fourth-order valence-corrected chi connectivity index (χ4v) is 4.55. The van der Waals surface area contributed by atoms with E-state index in [1.54, 1.807) is 25.4 Å². The van der Waals surface area contributed by atoms with Crippen molar-refractivity contribution < 1.29 is 17.9 Å². The predicted molar refractivity (Wildman–Crippen MR) is 119 cm³/mol. The highest BCUT2D eigenvalue weighted by Crippen LogP contribution is 2.41. The van der Waals surface area contributed by atoms with Gasteiger partial charge in [-0.25, -0.2) is 0 Å². The van der Waals surface area contributed by atoms with Crippen molar-refractivity contribution in [2.45, 2.75) is 37.4 Å². The molecule has 1 heterocycles. The van der Waals surface area contributed by atoms with Crippen LogP contribution in [0.4, 0.5) is 18.9 Å². The van der Waals surface area contributed by atoms with Gasteiger partial charge in [-0.15, -0.1) is 0 Å². The summed E-state index contributed by atoms with van der Waals surface area (Å²) >= 11 is 5.58. The van der Waals surface area contributed by atoms with Crippen LogP contribution in [0.3, 0.4) is 0 Å². The second-order valence-electron chi connectivity index (χ2n) is 7.66. The Kier molecular flexibility index (Phi) is 5.75. The number of methoxy groups -OCH3 is 1. The lowest BCUT2D eigenvalue weighted by molar-refractivity contribution is -0.137. The van der Waals surface area contributed by atoms with E-state index in [2.05, 4.69) is 15.6 Å². The molecule has 1 fully saturated rings. The Bertz CT molecular complexity index is 1110. The van der Waals surface area contributed by atoms with Gasteiger partial charge in [-0.2, -0.15) is 13.2 Å². The Balaban J connectivity index is 1.62. The number of thiocarbonyl (C=S) groups is 1. The van der Waals surface area contributed by atoms with Gasteiger partial charge in [0, 0.05) is 17.3 Å². The van der Waals surface area contributed by atoms with Gasteiger partial charge in [0.2, 0.25) is 0 Å². The molecule has 0 unspecified atom stereocenters. The first-order chi connectivity index (χ1) is 14.8. The zero-order chi connectivity index (χ0) is 22.1. The molecule has 0 amide bonds. The fraction of sp³-hybridized carbons (Fsp3) is 0.304. The number of halogens is 3. The van der Waals surface area contributed by atoms with Crippen LogP contribution in [0.2, 0.25) is 0 Å². The third-order valence-electron chi connectivity index (χ3n) is 5.75. The van der Waals surface area contributed by atoms with E-state index < -0.39 is 17.3 Å². The second kappa shape index (κ2) is 8.34. The van der Waals surface area contributed by atoms with Crippen LogP contribution in [0, 0.1) is 0 Å². The highest BCUT2D eigenvalue weighted by molar-refractivity contribution is 7.80. The van der Waals surface area contributed by atoms with Gasteiger partial charge in [-0.1, -0.05) is 25.0 Å². The first-order valence-electron chi connectivity index (χ1n) is 10.0. The molecular weight excluding hydrogens is 423 g/mol. The number of rotatable bonds is 4.